The van der Waals surface area contributed by atoms with Gasteiger partial charge in [-0.1, -0.05) is 43.7 Å². The second-order valence-electron chi connectivity index (χ2n) is 5.97. The van der Waals surface area contributed by atoms with Crippen molar-refractivity contribution in [2.45, 2.75) is 51.5 Å². The van der Waals surface area contributed by atoms with E-state index in [0.29, 0.717) is 18.4 Å². The number of nitrogens with one attached hydrogen (secondary N) is 1. The second kappa shape index (κ2) is 8.83. The highest BCUT2D eigenvalue weighted by molar-refractivity contribution is 5.76. The van der Waals surface area contributed by atoms with E-state index in [0.717, 1.165) is 38.9 Å². The van der Waals surface area contributed by atoms with Gasteiger partial charge in [-0.2, -0.15) is 0 Å². The molecule has 0 aliphatic carbocycles. The predicted octanol–water partition coefficient (Wildman–Crippen LogP) is 3.00. The van der Waals surface area contributed by atoms with Crippen LogP contribution in [-0.2, 0) is 11.2 Å². The Kier molecular flexibility index (Phi) is 6.74. The Morgan fingerprint density at radius 1 is 1.33 bits per heavy atom. The zero-order valence-corrected chi connectivity index (χ0v) is 13.2. The van der Waals surface area contributed by atoms with Crippen LogP contribution in [0.2, 0.25) is 0 Å². The van der Waals surface area contributed by atoms with Crippen molar-refractivity contribution in [2.75, 3.05) is 19.6 Å². The van der Waals surface area contributed by atoms with Gasteiger partial charge >= 0.3 is 0 Å². The smallest absolute Gasteiger partial charge is 0.222 e. The van der Waals surface area contributed by atoms with E-state index in [4.69, 9.17) is 0 Å². The lowest BCUT2D eigenvalue weighted by Crippen LogP contribution is -2.42. The first-order valence-corrected chi connectivity index (χ1v) is 8.34. The Labute approximate surface area is 128 Å². The Balaban J connectivity index is 1.88. The fourth-order valence-electron chi connectivity index (χ4n) is 2.89. The van der Waals surface area contributed by atoms with Gasteiger partial charge < -0.3 is 10.2 Å². The van der Waals surface area contributed by atoms with Crippen LogP contribution >= 0.6 is 0 Å². The Hall–Kier alpha value is -1.35. The van der Waals surface area contributed by atoms with Gasteiger partial charge in [0.25, 0.3) is 0 Å². The number of hydrogen-bond donors (Lipinski definition) is 1. The third-order valence-electron chi connectivity index (χ3n) is 4.21. The molecule has 1 aromatic rings. The topological polar surface area (TPSA) is 32.3 Å². The molecule has 0 aromatic heterocycles. The van der Waals surface area contributed by atoms with E-state index in [9.17, 15) is 4.79 Å². The number of rotatable bonds is 8. The van der Waals surface area contributed by atoms with Crippen molar-refractivity contribution >= 4 is 5.91 Å². The van der Waals surface area contributed by atoms with Gasteiger partial charge in [0, 0.05) is 25.6 Å². The molecule has 3 heteroatoms. The van der Waals surface area contributed by atoms with Crippen LogP contribution in [0.3, 0.4) is 0 Å². The molecule has 1 aromatic carbocycles. The maximum atomic E-state index is 12.4. The molecule has 116 valence electrons. The molecule has 3 nitrogen and oxygen atoms in total. The molecule has 1 heterocycles. The summed E-state index contributed by atoms with van der Waals surface area (Å²) in [5.74, 6) is 0.321. The fourth-order valence-corrected chi connectivity index (χ4v) is 2.89. The Morgan fingerprint density at radius 2 is 2.14 bits per heavy atom. The lowest BCUT2D eigenvalue weighted by molar-refractivity contribution is -0.131. The number of carbonyl (C=O) groups is 1. The Morgan fingerprint density at radius 3 is 2.81 bits per heavy atom. The molecule has 1 aliphatic heterocycles. The largest absolute Gasteiger partial charge is 0.341 e. The standard InChI is InChI=1S/C18H28N2O/c1-2-3-11-18(21)20(15-17-10-7-13-19-17)14-12-16-8-5-4-6-9-16/h4-6,8-9,17,19H,2-3,7,10-15H2,1H3/t17-/m0/s1. The van der Waals surface area contributed by atoms with Crippen molar-refractivity contribution in [1.82, 2.24) is 10.2 Å². The van der Waals surface area contributed by atoms with Crippen molar-refractivity contribution in [1.29, 1.82) is 0 Å². The summed E-state index contributed by atoms with van der Waals surface area (Å²) in [4.78, 5) is 14.5. The van der Waals surface area contributed by atoms with Crippen LogP contribution in [0.5, 0.6) is 0 Å². The summed E-state index contributed by atoms with van der Waals surface area (Å²) < 4.78 is 0. The first kappa shape index (κ1) is 16.0. The maximum Gasteiger partial charge on any atom is 0.222 e. The zero-order valence-electron chi connectivity index (χ0n) is 13.2. The van der Waals surface area contributed by atoms with Crippen molar-refractivity contribution in [2.24, 2.45) is 0 Å². The van der Waals surface area contributed by atoms with E-state index in [1.54, 1.807) is 0 Å². The molecular formula is C18H28N2O. The van der Waals surface area contributed by atoms with Gasteiger partial charge in [-0.25, -0.2) is 0 Å². The minimum absolute atomic E-state index is 0.321. The van der Waals surface area contributed by atoms with Crippen LogP contribution in [0.15, 0.2) is 30.3 Å². The van der Waals surface area contributed by atoms with E-state index in [1.807, 2.05) is 6.07 Å². The second-order valence-corrected chi connectivity index (χ2v) is 5.97. The molecule has 0 saturated carbocycles. The minimum atomic E-state index is 0.321. The van der Waals surface area contributed by atoms with Gasteiger partial charge in [0.05, 0.1) is 0 Å². The quantitative estimate of drug-likeness (QED) is 0.797. The summed E-state index contributed by atoms with van der Waals surface area (Å²) in [6.45, 7) is 4.95. The van der Waals surface area contributed by atoms with Gasteiger partial charge in [0.2, 0.25) is 5.91 Å². The van der Waals surface area contributed by atoms with E-state index in [2.05, 4.69) is 41.4 Å². The summed E-state index contributed by atoms with van der Waals surface area (Å²) in [6.07, 6.45) is 6.16. The molecule has 21 heavy (non-hydrogen) atoms. The monoisotopic (exact) mass is 288 g/mol. The molecule has 1 atom stereocenters. The molecule has 1 N–H and O–H groups in total. The Bertz CT molecular complexity index is 412. The molecule has 0 spiro atoms. The number of unbranched alkanes of at least 4 members (excludes halogenated alkanes) is 1. The maximum absolute atomic E-state index is 12.4. The van der Waals surface area contributed by atoms with Crippen LogP contribution < -0.4 is 5.32 Å². The van der Waals surface area contributed by atoms with Crippen LogP contribution in [-0.4, -0.2) is 36.5 Å². The van der Waals surface area contributed by atoms with Gasteiger partial charge in [-0.05, 0) is 37.8 Å². The van der Waals surface area contributed by atoms with Gasteiger partial charge in [-0.15, -0.1) is 0 Å². The number of benzene rings is 1. The third kappa shape index (κ3) is 5.50. The lowest BCUT2D eigenvalue weighted by atomic mass is 10.1. The van der Waals surface area contributed by atoms with Crippen LogP contribution in [0.1, 0.15) is 44.6 Å². The average Bonchev–Trinajstić information content (AvgIpc) is 3.03. The fraction of sp³-hybridized carbons (Fsp3) is 0.611. The van der Waals surface area contributed by atoms with Crippen molar-refractivity contribution in [3.05, 3.63) is 35.9 Å². The molecule has 0 radical (unpaired) electrons. The summed E-state index contributed by atoms with van der Waals surface area (Å²) in [5, 5.41) is 3.50. The average molecular weight is 288 g/mol. The number of amides is 1. The van der Waals surface area contributed by atoms with Crippen molar-refractivity contribution in [3.8, 4) is 0 Å². The normalized spacial score (nSPS) is 17.9. The third-order valence-corrected chi connectivity index (χ3v) is 4.21. The molecular weight excluding hydrogens is 260 g/mol. The summed E-state index contributed by atoms with van der Waals surface area (Å²) in [5.41, 5.74) is 1.31. The highest BCUT2D eigenvalue weighted by Crippen LogP contribution is 2.10. The number of carbonyl (C=O) groups excluding carboxylic acids is 1. The van der Waals surface area contributed by atoms with E-state index in [-0.39, 0.29) is 0 Å². The zero-order chi connectivity index (χ0) is 14.9. The van der Waals surface area contributed by atoms with Crippen LogP contribution in [0.25, 0.3) is 0 Å². The minimum Gasteiger partial charge on any atom is -0.341 e. The molecule has 1 fully saturated rings. The van der Waals surface area contributed by atoms with Crippen LogP contribution in [0, 0.1) is 0 Å². The predicted molar refractivity (Wildman–Crippen MR) is 87.3 cm³/mol. The molecule has 0 bridgehead atoms. The van der Waals surface area contributed by atoms with Crippen molar-refractivity contribution in [3.63, 3.8) is 0 Å². The van der Waals surface area contributed by atoms with Gasteiger partial charge in [0.15, 0.2) is 0 Å². The van der Waals surface area contributed by atoms with Gasteiger partial charge in [0.1, 0.15) is 0 Å². The molecule has 1 aliphatic rings. The molecule has 1 amide bonds. The van der Waals surface area contributed by atoms with Crippen LogP contribution in [0.4, 0.5) is 0 Å². The lowest BCUT2D eigenvalue weighted by Gasteiger charge is -2.26. The van der Waals surface area contributed by atoms with Crippen molar-refractivity contribution < 1.29 is 4.79 Å². The molecule has 1 saturated heterocycles. The first-order chi connectivity index (χ1) is 10.3. The highest BCUT2D eigenvalue weighted by atomic mass is 16.2. The summed E-state index contributed by atoms with van der Waals surface area (Å²) in [7, 11) is 0. The van der Waals surface area contributed by atoms with Gasteiger partial charge in [-0.3, -0.25) is 4.79 Å². The van der Waals surface area contributed by atoms with E-state index >= 15 is 0 Å². The molecule has 2 rings (SSSR count). The summed E-state index contributed by atoms with van der Waals surface area (Å²) in [6, 6.07) is 10.9. The highest BCUT2D eigenvalue weighted by Gasteiger charge is 2.20. The summed E-state index contributed by atoms with van der Waals surface area (Å²) >= 11 is 0. The SMILES string of the molecule is CCCCC(=O)N(CCc1ccccc1)C[C@@H]1CCCN1. The van der Waals surface area contributed by atoms with E-state index < -0.39 is 0 Å². The first-order valence-electron chi connectivity index (χ1n) is 8.34. The molecule has 0 unspecified atom stereocenters. The number of hydrogen-bond acceptors (Lipinski definition) is 2. The number of nitrogens with zero attached hydrogens (tertiary/aromatic N) is 1. The van der Waals surface area contributed by atoms with E-state index in [1.165, 1.54) is 18.4 Å².